The third kappa shape index (κ3) is 8.69. The number of fused-ring (bicyclic) bond motifs is 6. The second-order valence-corrected chi connectivity index (χ2v) is 17.1. The summed E-state index contributed by atoms with van der Waals surface area (Å²) in [5.74, 6) is -4.17. The molecule has 4 aromatic carbocycles. The number of halogens is 4. The van der Waals surface area contributed by atoms with E-state index in [1.165, 1.54) is 46.4 Å². The highest BCUT2D eigenvalue weighted by molar-refractivity contribution is 7.17. The fourth-order valence-corrected chi connectivity index (χ4v) is 9.77. The minimum Gasteiger partial charge on any atom is -0.384 e. The van der Waals surface area contributed by atoms with Gasteiger partial charge in [0.05, 0.1) is 21.1 Å². The van der Waals surface area contributed by atoms with Gasteiger partial charge in [0.15, 0.2) is 10.0 Å². The highest BCUT2D eigenvalue weighted by Crippen LogP contribution is 2.41. The van der Waals surface area contributed by atoms with Crippen LogP contribution in [-0.4, -0.2) is 31.8 Å². The van der Waals surface area contributed by atoms with Crippen LogP contribution in [-0.2, 0) is 25.7 Å². The van der Waals surface area contributed by atoms with Crippen molar-refractivity contribution in [3.05, 3.63) is 176 Å². The number of rotatable bonds is 6. The van der Waals surface area contributed by atoms with Crippen LogP contribution < -0.4 is 21.9 Å². The van der Waals surface area contributed by atoms with Gasteiger partial charge >= 0.3 is 0 Å². The Morgan fingerprint density at radius 3 is 1.52 bits per heavy atom. The van der Waals surface area contributed by atoms with Crippen LogP contribution in [0.4, 0.5) is 34.8 Å². The first kappa shape index (κ1) is 42.0. The number of aryl methyl sites for hydroxylation is 4. The first-order chi connectivity index (χ1) is 31.0. The van der Waals surface area contributed by atoms with Crippen molar-refractivity contribution < 1.29 is 27.2 Å². The lowest BCUT2D eigenvalue weighted by molar-refractivity contribution is 0.101. The Labute approximate surface area is 370 Å². The molecule has 64 heavy (non-hydrogen) atoms. The number of carbonyl (C=O) groups excluding carboxylic acids is 2. The van der Waals surface area contributed by atoms with Crippen molar-refractivity contribution in [2.75, 3.05) is 16.4 Å². The molecule has 8 aromatic rings. The third-order valence-corrected chi connectivity index (χ3v) is 13.1. The fourth-order valence-electron chi connectivity index (χ4n) is 7.66. The van der Waals surface area contributed by atoms with E-state index in [0.717, 1.165) is 116 Å². The molecule has 0 bridgehead atoms. The van der Waals surface area contributed by atoms with Crippen LogP contribution in [0.15, 0.2) is 114 Å². The number of nitrogens with two attached hydrogens (primary N) is 1. The van der Waals surface area contributed by atoms with Crippen LogP contribution in [0.3, 0.4) is 0 Å². The Morgan fingerprint density at radius 2 is 1.06 bits per heavy atom. The van der Waals surface area contributed by atoms with Gasteiger partial charge < -0.3 is 21.4 Å². The number of para-hydroxylation sites is 2. The first-order valence-electron chi connectivity index (χ1n) is 20.2. The minimum absolute atomic E-state index is 0.153. The summed E-state index contributed by atoms with van der Waals surface area (Å²) in [4.78, 5) is 54.5. The number of hydrogen-bond acceptors (Lipinski definition) is 9. The summed E-state index contributed by atoms with van der Waals surface area (Å²) >= 11 is 2.44. The van der Waals surface area contributed by atoms with E-state index in [4.69, 9.17) is 5.73 Å². The number of pyridine rings is 2. The quantitative estimate of drug-likeness (QED) is 0.121. The molecule has 0 radical (unpaired) electrons. The molecule has 5 N–H and O–H groups in total. The predicted octanol–water partition coefficient (Wildman–Crippen LogP) is 10.7. The Morgan fingerprint density at radius 1 is 0.594 bits per heavy atom. The fraction of sp³-hybridized carbons (Fsp3) is 0.125. The van der Waals surface area contributed by atoms with Crippen LogP contribution in [0.2, 0.25) is 0 Å². The lowest BCUT2D eigenvalue weighted by atomic mass is 9.98. The zero-order valence-corrected chi connectivity index (χ0v) is 35.2. The summed E-state index contributed by atoms with van der Waals surface area (Å²) in [5.41, 5.74) is 14.2. The Balaban J connectivity index is 0.000000162. The molecule has 320 valence electrons. The number of amides is 2. The monoisotopic (exact) mass is 897 g/mol. The SMILES string of the molecule is Nc1ccc(-c2ccc3c(c2)-c2sc(C(=O)Nc4c(F)cccc4F)nc2CCC3)cn1.O=C(Nc1c(F)cccc1F)c1nc2c(s1)-c1cc(-c3ccc(=O)[nH]c3)ccc1CCC2. The standard InChI is InChI=1S/C24H18F2N4OS.C24H17F2N3O2S/c25-17-4-2-5-18(26)21(17)30-23(31)24-29-19-6-1-3-13-7-8-14(11-16(13)22(19)32-24)15-9-10-20(27)28-12-15;25-17-4-2-5-18(26)21(17)29-23(31)24-28-19-6-1-3-13-7-8-14(11-16(13)22(19)32-24)15-9-10-20(30)27-12-15/h2,4-5,7-12H,1,3,6H2,(H2,27,28)(H,30,31);2,4-5,7-12H,1,3,6H2,(H,27,30)(H,29,31). The van der Waals surface area contributed by atoms with Gasteiger partial charge in [-0.05, 0) is 132 Å². The van der Waals surface area contributed by atoms with Gasteiger partial charge in [0.25, 0.3) is 11.8 Å². The van der Waals surface area contributed by atoms with Crippen molar-refractivity contribution in [1.82, 2.24) is 19.9 Å². The highest BCUT2D eigenvalue weighted by atomic mass is 32.1. The average molecular weight is 898 g/mol. The molecule has 0 spiro atoms. The van der Waals surface area contributed by atoms with E-state index >= 15 is 0 Å². The van der Waals surface area contributed by atoms with E-state index in [2.05, 4.69) is 48.8 Å². The summed E-state index contributed by atoms with van der Waals surface area (Å²) in [7, 11) is 0. The van der Waals surface area contributed by atoms with Gasteiger partial charge in [0, 0.05) is 24.0 Å². The molecule has 0 aliphatic heterocycles. The van der Waals surface area contributed by atoms with Gasteiger partial charge in [0.1, 0.15) is 40.5 Å². The van der Waals surface area contributed by atoms with Crippen LogP contribution in [0.25, 0.3) is 43.1 Å². The molecule has 4 heterocycles. The number of hydrogen-bond donors (Lipinski definition) is 4. The van der Waals surface area contributed by atoms with Crippen molar-refractivity contribution in [3.8, 4) is 43.1 Å². The van der Waals surface area contributed by atoms with E-state index in [-0.39, 0.29) is 15.6 Å². The highest BCUT2D eigenvalue weighted by Gasteiger charge is 2.26. The van der Waals surface area contributed by atoms with Crippen LogP contribution >= 0.6 is 22.7 Å². The third-order valence-electron chi connectivity index (χ3n) is 10.9. The maximum atomic E-state index is 14.0. The topological polar surface area (TPSA) is 156 Å². The molecule has 16 heteroatoms. The van der Waals surface area contributed by atoms with E-state index in [9.17, 15) is 31.9 Å². The maximum absolute atomic E-state index is 14.0. The number of nitrogens with zero attached hydrogens (tertiary/aromatic N) is 3. The molecule has 0 fully saturated rings. The summed E-state index contributed by atoms with van der Waals surface area (Å²) in [6.45, 7) is 0. The Bertz CT molecular complexity index is 3110. The minimum atomic E-state index is -0.840. The van der Waals surface area contributed by atoms with Crippen molar-refractivity contribution in [1.29, 1.82) is 0 Å². The molecule has 10 rings (SSSR count). The average Bonchev–Trinajstić information content (AvgIpc) is 3.83. The molecule has 4 aromatic heterocycles. The molecule has 10 nitrogen and oxygen atoms in total. The lowest BCUT2D eigenvalue weighted by Gasteiger charge is -2.09. The zero-order valence-electron chi connectivity index (χ0n) is 33.6. The van der Waals surface area contributed by atoms with Crippen LogP contribution in [0, 0.1) is 23.3 Å². The zero-order chi connectivity index (χ0) is 44.5. The number of thiazole rings is 2. The summed E-state index contributed by atoms with van der Waals surface area (Å²) < 4.78 is 55.8. The maximum Gasteiger partial charge on any atom is 0.284 e. The largest absolute Gasteiger partial charge is 0.384 e. The second-order valence-electron chi connectivity index (χ2n) is 15.1. The van der Waals surface area contributed by atoms with Gasteiger partial charge in [-0.1, -0.05) is 36.4 Å². The number of aromatic nitrogens is 4. The number of carbonyl (C=O) groups is 2. The van der Waals surface area contributed by atoms with E-state index in [1.54, 1.807) is 24.5 Å². The van der Waals surface area contributed by atoms with Gasteiger partial charge in [-0.25, -0.2) is 32.5 Å². The molecule has 0 atom stereocenters. The van der Waals surface area contributed by atoms with Crippen LogP contribution in [0.5, 0.6) is 0 Å². The van der Waals surface area contributed by atoms with Crippen molar-refractivity contribution in [3.63, 3.8) is 0 Å². The van der Waals surface area contributed by atoms with Gasteiger partial charge in [-0.3, -0.25) is 14.4 Å². The number of nitrogens with one attached hydrogen (secondary N) is 3. The first-order valence-corrected chi connectivity index (χ1v) is 21.8. The smallest absolute Gasteiger partial charge is 0.284 e. The Hall–Kier alpha value is -7.30. The molecule has 2 amide bonds. The second kappa shape index (κ2) is 17.8. The summed E-state index contributed by atoms with van der Waals surface area (Å²) in [6, 6.07) is 26.1. The lowest BCUT2D eigenvalue weighted by Crippen LogP contribution is -2.14. The van der Waals surface area contributed by atoms with Crippen LogP contribution in [0.1, 0.15) is 55.0 Å². The summed E-state index contributed by atoms with van der Waals surface area (Å²) in [6.07, 6.45) is 8.38. The number of benzene rings is 4. The molecule has 2 aliphatic rings. The van der Waals surface area contributed by atoms with Gasteiger partial charge in [-0.2, -0.15) is 0 Å². The van der Waals surface area contributed by atoms with E-state index in [0.29, 0.717) is 12.2 Å². The normalized spacial score (nSPS) is 12.6. The number of nitrogen functional groups attached to an aromatic ring is 1. The molecular weight excluding hydrogens is 863 g/mol. The molecule has 0 unspecified atom stereocenters. The summed E-state index contributed by atoms with van der Waals surface area (Å²) in [5, 5.41) is 4.96. The number of H-pyrrole nitrogens is 1. The van der Waals surface area contributed by atoms with E-state index in [1.807, 2.05) is 24.3 Å². The Kier molecular flexibility index (Phi) is 11.7. The van der Waals surface area contributed by atoms with E-state index < -0.39 is 46.5 Å². The molecular formula is C48H35F4N7O3S2. The molecule has 2 aliphatic carbocycles. The van der Waals surface area contributed by atoms with Crippen molar-refractivity contribution in [2.45, 2.75) is 38.5 Å². The van der Waals surface area contributed by atoms with Gasteiger partial charge in [0.2, 0.25) is 5.56 Å². The number of aromatic amines is 1. The van der Waals surface area contributed by atoms with Crippen molar-refractivity contribution in [2.24, 2.45) is 0 Å². The van der Waals surface area contributed by atoms with Crippen molar-refractivity contribution >= 4 is 51.7 Å². The number of anilines is 3. The molecule has 0 saturated heterocycles. The van der Waals surface area contributed by atoms with Gasteiger partial charge in [-0.15, -0.1) is 22.7 Å². The molecule has 0 saturated carbocycles. The predicted molar refractivity (Wildman–Crippen MR) is 241 cm³/mol.